The minimum absolute atomic E-state index is 0.202. The quantitative estimate of drug-likeness (QED) is 0.614. The lowest BCUT2D eigenvalue weighted by atomic mass is 10.0. The van der Waals surface area contributed by atoms with E-state index in [9.17, 15) is 8.42 Å². The molecule has 7 nitrogen and oxygen atoms in total. The van der Waals surface area contributed by atoms with Gasteiger partial charge in [0.15, 0.2) is 10.7 Å². The molecule has 0 bridgehead atoms. The number of hydrogen-bond acceptors (Lipinski definition) is 6. The molecule has 0 aliphatic heterocycles. The Hall–Kier alpha value is -2.35. The van der Waals surface area contributed by atoms with Gasteiger partial charge < -0.3 is 14.8 Å². The molecule has 1 saturated carbocycles. The van der Waals surface area contributed by atoms with Crippen LogP contribution in [-0.2, 0) is 10.7 Å². The Bertz CT molecular complexity index is 971. The summed E-state index contributed by atoms with van der Waals surface area (Å²) in [7, 11) is -2.76. The minimum Gasteiger partial charge on any atom is -0.361 e. The molecule has 2 N–H and O–H groups in total. The van der Waals surface area contributed by atoms with Gasteiger partial charge in [0, 0.05) is 12.1 Å². The number of fused-ring (bicyclic) bond motifs is 1. The third kappa shape index (κ3) is 2.66. The molecular weight excluding hydrogens is 328 g/mol. The highest BCUT2D eigenvalue weighted by Crippen LogP contribution is 2.33. The van der Waals surface area contributed by atoms with Crippen molar-refractivity contribution in [2.75, 3.05) is 11.9 Å². The predicted octanol–water partition coefficient (Wildman–Crippen LogP) is 2.63. The van der Waals surface area contributed by atoms with E-state index < -0.39 is 10.7 Å². The van der Waals surface area contributed by atoms with Crippen LogP contribution in [0, 0.1) is 19.8 Å². The average Bonchev–Trinajstić information content (AvgIpc) is 3.19. The number of thiol groups is 1. The monoisotopic (exact) mass is 346 g/mol. The molecule has 1 aliphatic carbocycles. The first kappa shape index (κ1) is 15.2. The normalized spacial score (nSPS) is 14.6. The van der Waals surface area contributed by atoms with Gasteiger partial charge in [-0.3, -0.25) is 0 Å². The molecule has 2 heterocycles. The Labute approximate surface area is 140 Å². The van der Waals surface area contributed by atoms with Gasteiger partial charge in [0.2, 0.25) is 5.95 Å². The molecule has 126 valence electrons. The van der Waals surface area contributed by atoms with Crippen LogP contribution in [0.5, 0.6) is 0 Å². The Kier molecular flexibility index (Phi) is 3.56. The summed E-state index contributed by atoms with van der Waals surface area (Å²) in [5.74, 6) is 1.96. The van der Waals surface area contributed by atoms with Gasteiger partial charge in [-0.15, -0.1) is 0 Å². The number of nitrogens with zero attached hydrogens (tertiary/aromatic N) is 2. The lowest BCUT2D eigenvalue weighted by Gasteiger charge is -2.02. The molecule has 8 heteroatoms. The zero-order valence-corrected chi connectivity index (χ0v) is 14.3. The third-order valence-corrected chi connectivity index (χ3v) is 5.07. The van der Waals surface area contributed by atoms with Crippen molar-refractivity contribution in [3.63, 3.8) is 0 Å². The molecule has 0 unspecified atom stereocenters. The number of benzene rings is 1. The van der Waals surface area contributed by atoms with E-state index in [1.54, 1.807) is 6.07 Å². The molecular formula is C16H18N4O3S. The zero-order valence-electron chi connectivity index (χ0n) is 13.4. The summed E-state index contributed by atoms with van der Waals surface area (Å²) in [5, 5.41) is 7.19. The van der Waals surface area contributed by atoms with Gasteiger partial charge >= 0.3 is 0 Å². The van der Waals surface area contributed by atoms with Crippen LogP contribution < -0.4 is 5.32 Å². The molecule has 3 aromatic rings. The van der Waals surface area contributed by atoms with Gasteiger partial charge in [-0.05, 0) is 50.3 Å². The van der Waals surface area contributed by atoms with Crippen molar-refractivity contribution in [3.8, 4) is 11.1 Å². The Morgan fingerprint density at radius 1 is 1.33 bits per heavy atom. The molecule has 0 amide bonds. The molecule has 24 heavy (non-hydrogen) atoms. The topological polar surface area (TPSA) is 101 Å². The first-order chi connectivity index (χ1) is 11.5. The van der Waals surface area contributed by atoms with Crippen molar-refractivity contribution in [2.45, 2.75) is 31.6 Å². The zero-order chi connectivity index (χ0) is 16.8. The minimum atomic E-state index is -2.76. The smallest absolute Gasteiger partial charge is 0.201 e. The largest absolute Gasteiger partial charge is 0.361 e. The van der Waals surface area contributed by atoms with Crippen LogP contribution in [0.3, 0.4) is 0 Å². The molecule has 2 aromatic heterocycles. The van der Waals surface area contributed by atoms with Gasteiger partial charge in [0.25, 0.3) is 0 Å². The molecule has 4 rings (SSSR count). The van der Waals surface area contributed by atoms with Crippen molar-refractivity contribution in [1.29, 1.82) is 0 Å². The van der Waals surface area contributed by atoms with Gasteiger partial charge in [-0.1, -0.05) is 5.16 Å². The summed E-state index contributed by atoms with van der Waals surface area (Å²) in [6.07, 6.45) is 2.47. The summed E-state index contributed by atoms with van der Waals surface area (Å²) >= 11 is 0. The SMILES string of the molecule is Cc1noc(C)c1-c1cc([SH](=O)=O)c2nc(NCC3CC3)[nH]c2c1. The standard InChI is InChI=1S/C16H18N4O3S/c1-8-14(9(2)23-20-8)11-5-12-15(13(6-11)24(21)22)19-16(18-12)17-7-10-3-4-10/h5-6,10,24H,3-4,7H2,1-2H3,(H2,17,18,19). The number of anilines is 1. The number of H-pyrrole nitrogens is 1. The fraction of sp³-hybridized carbons (Fsp3) is 0.375. The summed E-state index contributed by atoms with van der Waals surface area (Å²) in [6, 6.07) is 3.52. The van der Waals surface area contributed by atoms with Crippen LogP contribution in [0.4, 0.5) is 5.95 Å². The van der Waals surface area contributed by atoms with Crippen LogP contribution in [0.2, 0.25) is 0 Å². The van der Waals surface area contributed by atoms with Crippen LogP contribution in [-0.4, -0.2) is 30.1 Å². The number of hydrogen-bond donors (Lipinski definition) is 3. The first-order valence-electron chi connectivity index (χ1n) is 7.88. The fourth-order valence-corrected chi connectivity index (χ4v) is 3.51. The highest BCUT2D eigenvalue weighted by molar-refractivity contribution is 7.72. The second kappa shape index (κ2) is 5.62. The van der Waals surface area contributed by atoms with E-state index in [1.165, 1.54) is 12.8 Å². The van der Waals surface area contributed by atoms with Gasteiger partial charge in [0.1, 0.15) is 11.3 Å². The van der Waals surface area contributed by atoms with Crippen LogP contribution in [0.1, 0.15) is 24.3 Å². The number of aromatic nitrogens is 3. The number of aromatic amines is 1. The van der Waals surface area contributed by atoms with E-state index in [0.29, 0.717) is 28.7 Å². The fourth-order valence-electron chi connectivity index (χ4n) is 2.92. The molecule has 0 spiro atoms. The van der Waals surface area contributed by atoms with Crippen LogP contribution in [0.25, 0.3) is 22.2 Å². The Balaban J connectivity index is 1.84. The molecule has 1 aromatic carbocycles. The molecule has 1 fully saturated rings. The lowest BCUT2D eigenvalue weighted by molar-refractivity contribution is 0.393. The highest BCUT2D eigenvalue weighted by atomic mass is 32.2. The van der Waals surface area contributed by atoms with E-state index in [2.05, 4.69) is 20.4 Å². The third-order valence-electron chi connectivity index (χ3n) is 4.34. The second-order valence-electron chi connectivity index (χ2n) is 6.26. The van der Waals surface area contributed by atoms with Crippen molar-refractivity contribution >= 4 is 27.7 Å². The highest BCUT2D eigenvalue weighted by Gasteiger charge is 2.22. The number of nitrogens with one attached hydrogen (secondary N) is 2. The van der Waals surface area contributed by atoms with E-state index in [-0.39, 0.29) is 4.90 Å². The van der Waals surface area contributed by atoms with Crippen molar-refractivity contribution in [3.05, 3.63) is 23.6 Å². The summed E-state index contributed by atoms with van der Waals surface area (Å²) in [5.41, 5.74) is 3.44. The van der Waals surface area contributed by atoms with E-state index in [1.807, 2.05) is 19.9 Å². The van der Waals surface area contributed by atoms with E-state index in [4.69, 9.17) is 4.52 Å². The molecule has 0 radical (unpaired) electrons. The Morgan fingerprint density at radius 2 is 2.12 bits per heavy atom. The first-order valence-corrected chi connectivity index (χ1v) is 9.06. The summed E-state index contributed by atoms with van der Waals surface area (Å²) in [6.45, 7) is 4.50. The number of rotatable bonds is 5. The maximum atomic E-state index is 11.7. The van der Waals surface area contributed by atoms with Gasteiger partial charge in [0.05, 0.1) is 16.1 Å². The maximum absolute atomic E-state index is 11.7. The second-order valence-corrected chi connectivity index (χ2v) is 7.25. The number of imidazole rings is 1. The summed E-state index contributed by atoms with van der Waals surface area (Å²) < 4.78 is 28.6. The van der Waals surface area contributed by atoms with Crippen LogP contribution >= 0.6 is 0 Å². The van der Waals surface area contributed by atoms with Crippen LogP contribution in [0.15, 0.2) is 21.6 Å². The van der Waals surface area contributed by atoms with E-state index >= 15 is 0 Å². The molecule has 0 atom stereocenters. The lowest BCUT2D eigenvalue weighted by Crippen LogP contribution is -2.04. The Morgan fingerprint density at radius 3 is 2.75 bits per heavy atom. The van der Waals surface area contributed by atoms with Gasteiger partial charge in [-0.25, -0.2) is 13.4 Å². The molecule has 0 saturated heterocycles. The average molecular weight is 346 g/mol. The predicted molar refractivity (Wildman–Crippen MR) is 90.9 cm³/mol. The number of aryl methyl sites for hydroxylation is 2. The summed E-state index contributed by atoms with van der Waals surface area (Å²) in [4.78, 5) is 7.79. The maximum Gasteiger partial charge on any atom is 0.201 e. The van der Waals surface area contributed by atoms with E-state index in [0.717, 1.165) is 23.4 Å². The van der Waals surface area contributed by atoms with Crippen molar-refractivity contribution in [1.82, 2.24) is 15.1 Å². The van der Waals surface area contributed by atoms with Crippen molar-refractivity contribution < 1.29 is 12.9 Å². The van der Waals surface area contributed by atoms with Crippen molar-refractivity contribution in [2.24, 2.45) is 5.92 Å². The van der Waals surface area contributed by atoms with Gasteiger partial charge in [-0.2, -0.15) is 0 Å². The molecule has 1 aliphatic rings.